The molecule has 0 aliphatic heterocycles. The van der Waals surface area contributed by atoms with Crippen molar-refractivity contribution in [2.75, 3.05) is 19.7 Å². The fourth-order valence-electron chi connectivity index (χ4n) is 3.99. The molecule has 0 fully saturated rings. The largest absolute Gasteiger partial charge is 0.489 e. The topological polar surface area (TPSA) is 93.1 Å². The summed E-state index contributed by atoms with van der Waals surface area (Å²) in [5.41, 5.74) is 2.18. The van der Waals surface area contributed by atoms with Crippen LogP contribution in [-0.2, 0) is 14.8 Å². The molecule has 3 aromatic rings. The molecule has 0 radical (unpaired) electrons. The van der Waals surface area contributed by atoms with E-state index in [2.05, 4.69) is 0 Å². The normalized spacial score (nSPS) is 12.8. The van der Waals surface area contributed by atoms with Crippen molar-refractivity contribution in [1.29, 1.82) is 0 Å². The molecular formula is C25H30ClNO6S2. The summed E-state index contributed by atoms with van der Waals surface area (Å²) in [6.07, 6.45) is 0.236. The van der Waals surface area contributed by atoms with E-state index in [1.165, 1.54) is 15.6 Å². The number of hydrogen-bond acceptors (Lipinski definition) is 6. The van der Waals surface area contributed by atoms with Crippen molar-refractivity contribution in [2.24, 2.45) is 0 Å². The molecule has 190 valence electrons. The molecule has 0 saturated carbocycles. The van der Waals surface area contributed by atoms with Gasteiger partial charge in [-0.3, -0.25) is 0 Å². The molecule has 1 atom stereocenters. The first kappa shape index (κ1) is 27.3. The second kappa shape index (κ2) is 11.2. The van der Waals surface area contributed by atoms with E-state index in [1.54, 1.807) is 24.3 Å². The van der Waals surface area contributed by atoms with Gasteiger partial charge >= 0.3 is 5.97 Å². The van der Waals surface area contributed by atoms with E-state index >= 15 is 0 Å². The van der Waals surface area contributed by atoms with Gasteiger partial charge in [0.25, 0.3) is 10.0 Å². The quantitative estimate of drug-likeness (QED) is 0.330. The predicted molar refractivity (Wildman–Crippen MR) is 140 cm³/mol. The van der Waals surface area contributed by atoms with Crippen LogP contribution in [0.4, 0.5) is 0 Å². The lowest BCUT2D eigenvalue weighted by Gasteiger charge is -2.25. The first-order chi connectivity index (χ1) is 16.4. The van der Waals surface area contributed by atoms with E-state index in [0.29, 0.717) is 39.3 Å². The Morgan fingerprint density at radius 3 is 2.43 bits per heavy atom. The molecule has 7 nitrogen and oxygen atoms in total. The number of carboxylic acids is 1. The number of sulfonamides is 1. The molecule has 1 heterocycles. The zero-order chi connectivity index (χ0) is 25.9. The van der Waals surface area contributed by atoms with Gasteiger partial charge in [-0.1, -0.05) is 18.5 Å². The van der Waals surface area contributed by atoms with Crippen molar-refractivity contribution >= 4 is 49.0 Å². The summed E-state index contributed by atoms with van der Waals surface area (Å²) >= 11 is 7.38. The Balaban J connectivity index is 1.82. The van der Waals surface area contributed by atoms with E-state index < -0.39 is 28.7 Å². The van der Waals surface area contributed by atoms with Gasteiger partial charge in [0.05, 0.1) is 6.54 Å². The third-order valence-corrected chi connectivity index (χ3v) is 9.44. The Bertz CT molecular complexity index is 1310. The maximum Gasteiger partial charge on any atom is 0.341 e. The Morgan fingerprint density at radius 2 is 1.83 bits per heavy atom. The van der Waals surface area contributed by atoms with Crippen molar-refractivity contribution in [1.82, 2.24) is 4.31 Å². The van der Waals surface area contributed by atoms with Gasteiger partial charge in [0, 0.05) is 16.3 Å². The van der Waals surface area contributed by atoms with Gasteiger partial charge in [0.15, 0.2) is 6.61 Å². The van der Waals surface area contributed by atoms with Crippen molar-refractivity contribution in [3.8, 4) is 11.5 Å². The highest BCUT2D eigenvalue weighted by atomic mass is 35.5. The summed E-state index contributed by atoms with van der Waals surface area (Å²) in [7, 11) is -3.74. The van der Waals surface area contributed by atoms with Gasteiger partial charge in [-0.15, -0.1) is 11.3 Å². The molecule has 0 aliphatic rings. The van der Waals surface area contributed by atoms with Crippen LogP contribution >= 0.6 is 22.9 Å². The number of hydrogen-bond donors (Lipinski definition) is 1. The van der Waals surface area contributed by atoms with Crippen LogP contribution in [0, 0.1) is 20.8 Å². The standard InChI is InChI=1S/C25H30ClNO6S2/c1-6-9-27(35(30,31)25-18(5)21-12-19(26)7-8-22(21)34-25)13-17(4)33-20-10-15(2)24(16(3)11-20)32-14-23(28)29/h7-8,10-12,17H,6,9,13-14H2,1-5H3,(H,28,29). The van der Waals surface area contributed by atoms with Gasteiger partial charge in [-0.2, -0.15) is 4.31 Å². The number of fused-ring (bicyclic) bond motifs is 1. The zero-order valence-corrected chi connectivity index (χ0v) is 22.8. The van der Waals surface area contributed by atoms with Crippen LogP contribution in [0.2, 0.25) is 5.02 Å². The predicted octanol–water partition coefficient (Wildman–Crippen LogP) is 5.81. The number of carbonyl (C=O) groups is 1. The number of benzene rings is 2. The Hall–Kier alpha value is -2.33. The summed E-state index contributed by atoms with van der Waals surface area (Å²) in [5, 5.41) is 10.3. The molecule has 0 amide bonds. The molecular weight excluding hydrogens is 510 g/mol. The van der Waals surface area contributed by atoms with Crippen molar-refractivity contribution < 1.29 is 27.8 Å². The van der Waals surface area contributed by atoms with Crippen molar-refractivity contribution in [2.45, 2.75) is 51.4 Å². The summed E-state index contributed by atoms with van der Waals surface area (Å²) in [6, 6.07) is 8.93. The summed E-state index contributed by atoms with van der Waals surface area (Å²) in [6.45, 7) is 9.32. The Kier molecular flexibility index (Phi) is 8.69. The smallest absolute Gasteiger partial charge is 0.341 e. The average molecular weight is 540 g/mol. The van der Waals surface area contributed by atoms with Gasteiger partial charge in [0.1, 0.15) is 21.8 Å². The maximum absolute atomic E-state index is 13.6. The molecule has 1 N–H and O–H groups in total. The monoisotopic (exact) mass is 539 g/mol. The molecule has 0 aliphatic carbocycles. The minimum atomic E-state index is -3.74. The molecule has 1 aromatic heterocycles. The lowest BCUT2D eigenvalue weighted by Crippen LogP contribution is -2.39. The minimum Gasteiger partial charge on any atom is -0.489 e. The first-order valence-electron chi connectivity index (χ1n) is 11.2. The summed E-state index contributed by atoms with van der Waals surface area (Å²) in [5.74, 6) is 0.0200. The maximum atomic E-state index is 13.6. The highest BCUT2D eigenvalue weighted by Crippen LogP contribution is 2.37. The molecule has 0 bridgehead atoms. The number of carboxylic acid groups (broad SMARTS) is 1. The Morgan fingerprint density at radius 1 is 1.17 bits per heavy atom. The fourth-order valence-corrected chi connectivity index (χ4v) is 7.65. The van der Waals surface area contributed by atoms with Gasteiger partial charge in [0.2, 0.25) is 0 Å². The SMILES string of the molecule is CCCN(CC(C)Oc1cc(C)c(OCC(=O)O)c(C)c1)S(=O)(=O)c1sc2ccc(Cl)cc2c1C. The number of thiophene rings is 1. The number of aliphatic carboxylic acids is 1. The van der Waals surface area contributed by atoms with Crippen LogP contribution in [0.3, 0.4) is 0 Å². The van der Waals surface area contributed by atoms with Crippen molar-refractivity contribution in [3.63, 3.8) is 0 Å². The number of nitrogens with zero attached hydrogens (tertiary/aromatic N) is 1. The molecule has 10 heteroatoms. The van der Waals surface area contributed by atoms with Crippen LogP contribution in [0.15, 0.2) is 34.5 Å². The van der Waals surface area contributed by atoms with Crippen LogP contribution < -0.4 is 9.47 Å². The summed E-state index contributed by atoms with van der Waals surface area (Å²) < 4.78 is 41.4. The first-order valence-corrected chi connectivity index (χ1v) is 13.9. The molecule has 35 heavy (non-hydrogen) atoms. The van der Waals surface area contributed by atoms with Gasteiger partial charge in [-0.05, 0) is 86.5 Å². The average Bonchev–Trinajstić information content (AvgIpc) is 3.09. The molecule has 0 saturated heterocycles. The van der Waals surface area contributed by atoms with Gasteiger partial charge in [-0.25, -0.2) is 13.2 Å². The van der Waals surface area contributed by atoms with Crippen LogP contribution in [-0.4, -0.2) is 49.6 Å². The number of aryl methyl sites for hydroxylation is 3. The second-order valence-corrected chi connectivity index (χ2v) is 12.1. The number of ether oxygens (including phenoxy) is 2. The minimum absolute atomic E-state index is 0.181. The lowest BCUT2D eigenvalue weighted by molar-refractivity contribution is -0.139. The molecule has 0 spiro atoms. The zero-order valence-electron chi connectivity index (χ0n) is 20.4. The lowest BCUT2D eigenvalue weighted by atomic mass is 10.1. The fraction of sp³-hybridized carbons (Fsp3) is 0.400. The van der Waals surface area contributed by atoms with E-state index in [4.69, 9.17) is 26.2 Å². The van der Waals surface area contributed by atoms with E-state index in [9.17, 15) is 13.2 Å². The number of rotatable bonds is 11. The van der Waals surface area contributed by atoms with Crippen LogP contribution in [0.25, 0.3) is 10.1 Å². The number of halogens is 1. The Labute approximate surface area is 215 Å². The third-order valence-electron chi connectivity index (χ3n) is 5.47. The molecule has 3 rings (SSSR count). The van der Waals surface area contributed by atoms with E-state index in [1.807, 2.05) is 40.7 Å². The van der Waals surface area contributed by atoms with Crippen LogP contribution in [0.5, 0.6) is 11.5 Å². The third kappa shape index (κ3) is 6.27. The highest BCUT2D eigenvalue weighted by Gasteiger charge is 2.30. The van der Waals surface area contributed by atoms with E-state index in [0.717, 1.165) is 21.2 Å². The highest BCUT2D eigenvalue weighted by molar-refractivity contribution is 7.91. The van der Waals surface area contributed by atoms with Gasteiger partial charge < -0.3 is 14.6 Å². The molecule has 2 aromatic carbocycles. The van der Waals surface area contributed by atoms with E-state index in [-0.39, 0.29) is 6.54 Å². The molecule has 1 unspecified atom stereocenters. The van der Waals surface area contributed by atoms with Crippen molar-refractivity contribution in [3.05, 3.63) is 52.0 Å². The second-order valence-electron chi connectivity index (χ2n) is 8.52. The van der Waals surface area contributed by atoms with Crippen LogP contribution in [0.1, 0.15) is 37.0 Å². The summed E-state index contributed by atoms with van der Waals surface area (Å²) in [4.78, 5) is 10.8.